The lowest BCUT2D eigenvalue weighted by Gasteiger charge is -2.13. The number of fused-ring (bicyclic) bond motifs is 1. The molecule has 2 rings (SSSR count). The van der Waals surface area contributed by atoms with Gasteiger partial charge in [0.15, 0.2) is 0 Å². The summed E-state index contributed by atoms with van der Waals surface area (Å²) in [5.74, 6) is 0.652. The van der Waals surface area contributed by atoms with Gasteiger partial charge < -0.3 is 4.57 Å². The molecular formula is C13H17BrN2. The molecular weight excluding hydrogens is 264 g/mol. The van der Waals surface area contributed by atoms with Crippen molar-refractivity contribution in [2.45, 2.75) is 25.1 Å². The average molecular weight is 281 g/mol. The fourth-order valence-corrected chi connectivity index (χ4v) is 2.14. The van der Waals surface area contributed by atoms with Crippen LogP contribution in [0.2, 0.25) is 0 Å². The van der Waals surface area contributed by atoms with E-state index in [1.165, 1.54) is 11.1 Å². The third kappa shape index (κ3) is 2.29. The van der Waals surface area contributed by atoms with E-state index in [9.17, 15) is 0 Å². The zero-order chi connectivity index (χ0) is 11.7. The Morgan fingerprint density at radius 1 is 1.38 bits per heavy atom. The van der Waals surface area contributed by atoms with Crippen LogP contribution in [-0.4, -0.2) is 14.4 Å². The highest BCUT2D eigenvalue weighted by molar-refractivity contribution is 9.09. The van der Waals surface area contributed by atoms with E-state index in [1.54, 1.807) is 0 Å². The Hall–Kier alpha value is -0.830. The van der Waals surface area contributed by atoms with Crippen molar-refractivity contribution in [3.05, 3.63) is 30.1 Å². The number of halogens is 1. The zero-order valence-corrected chi connectivity index (χ0v) is 11.5. The summed E-state index contributed by atoms with van der Waals surface area (Å²) in [4.78, 5) is 4.91. The monoisotopic (exact) mass is 280 g/mol. The first-order valence-corrected chi connectivity index (χ1v) is 6.53. The molecule has 1 aromatic heterocycles. The van der Waals surface area contributed by atoms with Gasteiger partial charge in [0, 0.05) is 11.9 Å². The molecule has 1 heterocycles. The summed E-state index contributed by atoms with van der Waals surface area (Å²) in [6.07, 6.45) is 2.92. The lowest BCUT2D eigenvalue weighted by Crippen LogP contribution is -2.10. The Morgan fingerprint density at radius 3 is 2.81 bits per heavy atom. The maximum absolute atomic E-state index is 4.38. The van der Waals surface area contributed by atoms with Crippen LogP contribution < -0.4 is 0 Å². The lowest BCUT2D eigenvalue weighted by molar-refractivity contribution is 0.613. The first-order chi connectivity index (χ1) is 7.58. The molecule has 86 valence electrons. The van der Waals surface area contributed by atoms with Crippen LogP contribution in [0.25, 0.3) is 11.0 Å². The molecule has 1 unspecified atom stereocenters. The minimum Gasteiger partial charge on any atom is -0.334 e. The van der Waals surface area contributed by atoms with Crippen molar-refractivity contribution in [3.63, 3.8) is 0 Å². The molecule has 0 saturated heterocycles. The molecule has 0 radical (unpaired) electrons. The van der Waals surface area contributed by atoms with Gasteiger partial charge in [0.1, 0.15) is 0 Å². The maximum atomic E-state index is 4.38. The molecule has 16 heavy (non-hydrogen) atoms. The summed E-state index contributed by atoms with van der Waals surface area (Å²) >= 11 is 3.72. The number of benzene rings is 1. The SMILES string of the molecule is CC(C)C(Br)Cc1ccc2c(c1)ncn2C. The molecule has 0 saturated carbocycles. The van der Waals surface area contributed by atoms with Gasteiger partial charge in [-0.05, 0) is 30.0 Å². The number of hydrogen-bond donors (Lipinski definition) is 0. The minimum atomic E-state index is 0.536. The Labute approximate surface area is 105 Å². The molecule has 2 aromatic rings. The van der Waals surface area contributed by atoms with Gasteiger partial charge >= 0.3 is 0 Å². The highest BCUT2D eigenvalue weighted by Crippen LogP contribution is 2.20. The summed E-state index contributed by atoms with van der Waals surface area (Å²) < 4.78 is 2.05. The summed E-state index contributed by atoms with van der Waals surface area (Å²) in [7, 11) is 2.02. The van der Waals surface area contributed by atoms with E-state index < -0.39 is 0 Å². The molecule has 3 heteroatoms. The van der Waals surface area contributed by atoms with Crippen molar-refractivity contribution in [1.82, 2.24) is 9.55 Å². The molecule has 0 amide bonds. The van der Waals surface area contributed by atoms with E-state index in [0.717, 1.165) is 11.9 Å². The van der Waals surface area contributed by atoms with Gasteiger partial charge in [-0.3, -0.25) is 0 Å². The van der Waals surface area contributed by atoms with Crippen LogP contribution in [0.3, 0.4) is 0 Å². The fraction of sp³-hybridized carbons (Fsp3) is 0.462. The second kappa shape index (κ2) is 4.58. The van der Waals surface area contributed by atoms with E-state index in [-0.39, 0.29) is 0 Å². The number of aryl methyl sites for hydroxylation is 1. The van der Waals surface area contributed by atoms with Gasteiger partial charge in [0.05, 0.1) is 17.4 Å². The largest absolute Gasteiger partial charge is 0.334 e. The highest BCUT2D eigenvalue weighted by Gasteiger charge is 2.10. The molecule has 1 atom stereocenters. The van der Waals surface area contributed by atoms with Crippen molar-refractivity contribution in [2.75, 3.05) is 0 Å². The molecule has 2 nitrogen and oxygen atoms in total. The van der Waals surface area contributed by atoms with Gasteiger partial charge in [-0.1, -0.05) is 35.8 Å². The van der Waals surface area contributed by atoms with Gasteiger partial charge in [-0.2, -0.15) is 0 Å². The van der Waals surface area contributed by atoms with Crippen LogP contribution in [0.15, 0.2) is 24.5 Å². The number of alkyl halides is 1. The van der Waals surface area contributed by atoms with Gasteiger partial charge in [-0.25, -0.2) is 4.98 Å². The molecule has 0 aliphatic heterocycles. The van der Waals surface area contributed by atoms with Crippen LogP contribution >= 0.6 is 15.9 Å². The third-order valence-corrected chi connectivity index (χ3v) is 4.32. The van der Waals surface area contributed by atoms with Crippen LogP contribution in [0.1, 0.15) is 19.4 Å². The average Bonchev–Trinajstić information content (AvgIpc) is 2.60. The molecule has 0 bridgehead atoms. The van der Waals surface area contributed by atoms with E-state index in [2.05, 4.69) is 53.0 Å². The van der Waals surface area contributed by atoms with Crippen molar-refractivity contribution in [2.24, 2.45) is 13.0 Å². The van der Waals surface area contributed by atoms with Gasteiger partial charge in [-0.15, -0.1) is 0 Å². The van der Waals surface area contributed by atoms with E-state index in [4.69, 9.17) is 0 Å². The number of aromatic nitrogens is 2. The Morgan fingerprint density at radius 2 is 2.12 bits per heavy atom. The molecule has 0 spiro atoms. The summed E-state index contributed by atoms with van der Waals surface area (Å²) in [6, 6.07) is 6.53. The predicted octanol–water partition coefficient (Wildman–Crippen LogP) is 3.54. The number of imidazole rings is 1. The second-order valence-corrected chi connectivity index (χ2v) is 5.82. The number of hydrogen-bond acceptors (Lipinski definition) is 1. The highest BCUT2D eigenvalue weighted by atomic mass is 79.9. The van der Waals surface area contributed by atoms with E-state index in [1.807, 2.05) is 17.9 Å². The predicted molar refractivity (Wildman–Crippen MR) is 72.0 cm³/mol. The van der Waals surface area contributed by atoms with Crippen LogP contribution in [0.5, 0.6) is 0 Å². The van der Waals surface area contributed by atoms with E-state index >= 15 is 0 Å². The summed E-state index contributed by atoms with van der Waals surface area (Å²) in [6.45, 7) is 4.47. The zero-order valence-electron chi connectivity index (χ0n) is 9.94. The van der Waals surface area contributed by atoms with Crippen molar-refractivity contribution < 1.29 is 0 Å². The Bertz CT molecular complexity index is 488. The molecule has 0 fully saturated rings. The lowest BCUT2D eigenvalue weighted by atomic mass is 10.0. The maximum Gasteiger partial charge on any atom is 0.0955 e. The first kappa shape index (κ1) is 11.6. The van der Waals surface area contributed by atoms with Gasteiger partial charge in [0.2, 0.25) is 0 Å². The number of rotatable bonds is 3. The normalized spacial score (nSPS) is 13.6. The number of nitrogens with zero attached hydrogens (tertiary/aromatic N) is 2. The van der Waals surface area contributed by atoms with Crippen molar-refractivity contribution in [1.29, 1.82) is 0 Å². The molecule has 1 aromatic carbocycles. The quantitative estimate of drug-likeness (QED) is 0.787. The topological polar surface area (TPSA) is 17.8 Å². The summed E-state index contributed by atoms with van der Waals surface area (Å²) in [5.41, 5.74) is 3.63. The molecule has 0 N–H and O–H groups in total. The standard InChI is InChI=1S/C13H17BrN2/c1-9(2)11(14)6-10-4-5-13-12(7-10)15-8-16(13)3/h4-5,7-9,11H,6H2,1-3H3. The van der Waals surface area contributed by atoms with Crippen molar-refractivity contribution in [3.8, 4) is 0 Å². The van der Waals surface area contributed by atoms with Crippen molar-refractivity contribution >= 4 is 27.0 Å². The third-order valence-electron chi connectivity index (χ3n) is 2.94. The Kier molecular flexibility index (Phi) is 3.33. The first-order valence-electron chi connectivity index (χ1n) is 5.62. The molecule has 0 aliphatic rings. The minimum absolute atomic E-state index is 0.536. The molecule has 0 aliphatic carbocycles. The van der Waals surface area contributed by atoms with Gasteiger partial charge in [0.25, 0.3) is 0 Å². The summed E-state index contributed by atoms with van der Waals surface area (Å²) in [5, 5.41) is 0. The Balaban J connectivity index is 2.26. The van der Waals surface area contributed by atoms with E-state index in [0.29, 0.717) is 10.7 Å². The smallest absolute Gasteiger partial charge is 0.0955 e. The second-order valence-electron chi connectivity index (χ2n) is 4.64. The van der Waals surface area contributed by atoms with Crippen LogP contribution in [0.4, 0.5) is 0 Å². The fourth-order valence-electron chi connectivity index (χ4n) is 1.77. The van der Waals surface area contributed by atoms with Crippen LogP contribution in [-0.2, 0) is 13.5 Å². The van der Waals surface area contributed by atoms with Crippen LogP contribution in [0, 0.1) is 5.92 Å².